The summed E-state index contributed by atoms with van der Waals surface area (Å²) in [5, 5.41) is 22.6. The number of carboxylic acids is 1. The van der Waals surface area contributed by atoms with Gasteiger partial charge in [-0.1, -0.05) is 11.6 Å². The number of aliphatic hydroxyl groups excluding tert-OH is 1. The summed E-state index contributed by atoms with van der Waals surface area (Å²) in [5.74, 6) is -1.40. The Morgan fingerprint density at radius 3 is 2.67 bits per heavy atom. The summed E-state index contributed by atoms with van der Waals surface area (Å²) in [4.78, 5) is 21.7. The molecule has 0 unspecified atom stereocenters. The van der Waals surface area contributed by atoms with Crippen LogP contribution in [0.3, 0.4) is 0 Å². The molecule has 1 atom stereocenters. The van der Waals surface area contributed by atoms with Crippen LogP contribution < -0.4 is 10.6 Å². The number of hydrogen-bond acceptors (Lipinski definition) is 3. The maximum atomic E-state index is 11.4. The van der Waals surface area contributed by atoms with E-state index in [-0.39, 0.29) is 6.54 Å². The molecule has 18 heavy (non-hydrogen) atoms. The minimum atomic E-state index is -1.63. The largest absolute Gasteiger partial charge is 0.479 e. The SMILES string of the molecule is O=C(NC[C@H](O)C(=O)O)Nc1ccc(Cl)cc1Br. The van der Waals surface area contributed by atoms with Gasteiger partial charge in [-0.2, -0.15) is 0 Å². The lowest BCUT2D eigenvalue weighted by Crippen LogP contribution is -2.38. The Morgan fingerprint density at radius 1 is 1.44 bits per heavy atom. The van der Waals surface area contributed by atoms with Crippen LogP contribution in [-0.4, -0.2) is 34.9 Å². The van der Waals surface area contributed by atoms with Crippen LogP contribution in [0, 0.1) is 0 Å². The molecule has 0 bridgehead atoms. The molecule has 98 valence electrons. The van der Waals surface area contributed by atoms with Crippen LogP contribution in [0.15, 0.2) is 22.7 Å². The van der Waals surface area contributed by atoms with Crippen LogP contribution in [0.2, 0.25) is 5.02 Å². The van der Waals surface area contributed by atoms with E-state index in [1.165, 1.54) is 0 Å². The molecule has 0 heterocycles. The lowest BCUT2D eigenvalue weighted by molar-refractivity contribution is -0.146. The van der Waals surface area contributed by atoms with Gasteiger partial charge in [0.1, 0.15) is 0 Å². The first kappa shape index (κ1) is 14.7. The molecule has 0 aliphatic heterocycles. The minimum Gasteiger partial charge on any atom is -0.479 e. The molecular weight excluding hydrogens is 327 g/mol. The number of nitrogens with one attached hydrogen (secondary N) is 2. The van der Waals surface area contributed by atoms with Crippen molar-refractivity contribution in [2.45, 2.75) is 6.10 Å². The number of carbonyl (C=O) groups excluding carboxylic acids is 1. The summed E-state index contributed by atoms with van der Waals surface area (Å²) in [6, 6.07) is 4.15. The molecule has 0 spiro atoms. The van der Waals surface area contributed by atoms with Gasteiger partial charge in [-0.15, -0.1) is 0 Å². The van der Waals surface area contributed by atoms with Gasteiger partial charge in [-0.3, -0.25) is 0 Å². The van der Waals surface area contributed by atoms with Crippen molar-refractivity contribution in [2.24, 2.45) is 0 Å². The van der Waals surface area contributed by atoms with E-state index >= 15 is 0 Å². The molecule has 0 aliphatic carbocycles. The van der Waals surface area contributed by atoms with Gasteiger partial charge in [0.15, 0.2) is 6.10 Å². The van der Waals surface area contributed by atoms with Crippen molar-refractivity contribution in [3.8, 4) is 0 Å². The van der Waals surface area contributed by atoms with Crippen LogP contribution in [0.25, 0.3) is 0 Å². The number of hydrogen-bond donors (Lipinski definition) is 4. The normalized spacial score (nSPS) is 11.7. The van der Waals surface area contributed by atoms with E-state index in [1.807, 2.05) is 0 Å². The third-order valence-corrected chi connectivity index (χ3v) is 2.81. The fraction of sp³-hybridized carbons (Fsp3) is 0.200. The molecule has 4 N–H and O–H groups in total. The number of carbonyl (C=O) groups is 2. The molecule has 0 fully saturated rings. The molecule has 0 saturated carbocycles. The fourth-order valence-corrected chi connectivity index (χ4v) is 1.82. The van der Waals surface area contributed by atoms with Crippen LogP contribution in [0.5, 0.6) is 0 Å². The molecule has 1 aromatic carbocycles. The Morgan fingerprint density at radius 2 is 2.11 bits per heavy atom. The molecule has 2 amide bonds. The minimum absolute atomic E-state index is 0.383. The van der Waals surface area contributed by atoms with Gasteiger partial charge in [0.25, 0.3) is 0 Å². The van der Waals surface area contributed by atoms with Gasteiger partial charge in [0.2, 0.25) is 0 Å². The Bertz CT molecular complexity index is 469. The topological polar surface area (TPSA) is 98.7 Å². The van der Waals surface area contributed by atoms with E-state index in [9.17, 15) is 9.59 Å². The summed E-state index contributed by atoms with van der Waals surface area (Å²) < 4.78 is 0.587. The first-order chi connectivity index (χ1) is 8.40. The maximum absolute atomic E-state index is 11.4. The fourth-order valence-electron chi connectivity index (χ4n) is 1.03. The summed E-state index contributed by atoms with van der Waals surface area (Å²) in [6.45, 7) is -0.383. The Kier molecular flexibility index (Phi) is 5.39. The summed E-state index contributed by atoms with van der Waals surface area (Å²) in [5.41, 5.74) is 0.474. The molecule has 0 aromatic heterocycles. The third kappa shape index (κ3) is 4.52. The van der Waals surface area contributed by atoms with Crippen molar-refractivity contribution in [1.82, 2.24) is 5.32 Å². The highest BCUT2D eigenvalue weighted by atomic mass is 79.9. The number of anilines is 1. The second kappa shape index (κ2) is 6.58. The number of benzene rings is 1. The summed E-state index contributed by atoms with van der Waals surface area (Å²) in [6.07, 6.45) is -1.63. The van der Waals surface area contributed by atoms with Crippen molar-refractivity contribution in [3.63, 3.8) is 0 Å². The van der Waals surface area contributed by atoms with Gasteiger partial charge >= 0.3 is 12.0 Å². The Balaban J connectivity index is 2.52. The van der Waals surface area contributed by atoms with E-state index in [0.717, 1.165) is 0 Å². The molecular formula is C10H10BrClN2O4. The first-order valence-electron chi connectivity index (χ1n) is 4.81. The second-order valence-corrected chi connectivity index (χ2v) is 4.60. The predicted octanol–water partition coefficient (Wildman–Crippen LogP) is 1.67. The van der Waals surface area contributed by atoms with Crippen molar-refractivity contribution in [3.05, 3.63) is 27.7 Å². The third-order valence-electron chi connectivity index (χ3n) is 1.92. The molecule has 0 aliphatic rings. The molecule has 8 heteroatoms. The van der Waals surface area contributed by atoms with Crippen molar-refractivity contribution < 1.29 is 19.8 Å². The second-order valence-electron chi connectivity index (χ2n) is 3.31. The van der Waals surface area contributed by atoms with E-state index < -0.39 is 18.1 Å². The molecule has 0 saturated heterocycles. The van der Waals surface area contributed by atoms with Crippen LogP contribution in [0.1, 0.15) is 0 Å². The van der Waals surface area contributed by atoms with Crippen LogP contribution >= 0.6 is 27.5 Å². The average Bonchev–Trinajstić information content (AvgIpc) is 2.29. The van der Waals surface area contributed by atoms with Gasteiger partial charge in [0.05, 0.1) is 12.2 Å². The predicted molar refractivity (Wildman–Crippen MR) is 69.8 cm³/mol. The van der Waals surface area contributed by atoms with Crippen molar-refractivity contribution in [1.29, 1.82) is 0 Å². The number of amides is 2. The average molecular weight is 338 g/mol. The lowest BCUT2D eigenvalue weighted by atomic mass is 10.3. The zero-order valence-corrected chi connectivity index (χ0v) is 11.3. The van der Waals surface area contributed by atoms with E-state index in [1.54, 1.807) is 18.2 Å². The highest BCUT2D eigenvalue weighted by Gasteiger charge is 2.14. The molecule has 1 aromatic rings. The maximum Gasteiger partial charge on any atom is 0.334 e. The standard InChI is InChI=1S/C10H10BrClN2O4/c11-6-3-5(12)1-2-7(6)14-10(18)13-4-8(15)9(16)17/h1-3,8,15H,4H2,(H,16,17)(H2,13,14,18)/t8-/m0/s1. The van der Waals surface area contributed by atoms with Gasteiger partial charge in [-0.25, -0.2) is 9.59 Å². The molecule has 6 nitrogen and oxygen atoms in total. The van der Waals surface area contributed by atoms with Crippen molar-refractivity contribution in [2.75, 3.05) is 11.9 Å². The monoisotopic (exact) mass is 336 g/mol. The number of halogens is 2. The highest BCUT2D eigenvalue weighted by molar-refractivity contribution is 9.10. The Hall–Kier alpha value is -1.31. The van der Waals surface area contributed by atoms with Gasteiger partial charge < -0.3 is 20.8 Å². The number of rotatable bonds is 4. The number of aliphatic carboxylic acids is 1. The van der Waals surface area contributed by atoms with E-state index in [0.29, 0.717) is 15.2 Å². The van der Waals surface area contributed by atoms with Gasteiger partial charge in [-0.05, 0) is 34.1 Å². The van der Waals surface area contributed by atoms with Crippen molar-refractivity contribution >= 4 is 45.2 Å². The number of aliphatic hydroxyl groups is 1. The molecule has 1 rings (SSSR count). The van der Waals surface area contributed by atoms with E-state index in [2.05, 4.69) is 26.6 Å². The smallest absolute Gasteiger partial charge is 0.334 e. The lowest BCUT2D eigenvalue weighted by Gasteiger charge is -2.10. The van der Waals surface area contributed by atoms with Crippen LogP contribution in [0.4, 0.5) is 10.5 Å². The molecule has 0 radical (unpaired) electrons. The summed E-state index contributed by atoms with van der Waals surface area (Å²) in [7, 11) is 0. The van der Waals surface area contributed by atoms with E-state index in [4.69, 9.17) is 21.8 Å². The summed E-state index contributed by atoms with van der Waals surface area (Å²) >= 11 is 8.94. The number of carboxylic acid groups (broad SMARTS) is 1. The van der Waals surface area contributed by atoms with Crippen LogP contribution in [-0.2, 0) is 4.79 Å². The highest BCUT2D eigenvalue weighted by Crippen LogP contribution is 2.25. The Labute approximate surface area is 116 Å². The quantitative estimate of drug-likeness (QED) is 0.671. The first-order valence-corrected chi connectivity index (χ1v) is 5.98. The van der Waals surface area contributed by atoms with Gasteiger partial charge in [0, 0.05) is 9.50 Å². The zero-order chi connectivity index (χ0) is 13.7. The number of urea groups is 1. The zero-order valence-electron chi connectivity index (χ0n) is 8.98.